The number of hydrogen-bond donors (Lipinski definition) is 0. The minimum Gasteiger partial charge on any atom is -0.228 e. The van der Waals surface area contributed by atoms with E-state index in [0.717, 1.165) is 72.6 Å². The first-order valence-electron chi connectivity index (χ1n) is 21.4. The molecule has 0 amide bonds. The van der Waals surface area contributed by atoms with Gasteiger partial charge < -0.3 is 0 Å². The Hall–Kier alpha value is -8.67. The van der Waals surface area contributed by atoms with E-state index in [1.807, 2.05) is 97.1 Å². The van der Waals surface area contributed by atoms with Gasteiger partial charge in [-0.1, -0.05) is 231 Å². The SMILES string of the molecule is c1ccc(-c2cc(-c3ccc(-c4ccc(-c5c(-c6ccc(-c7nc(-c8ccccc8)nc(-c8ccccc8)n7)cc6)ccc6ccccc56)cc4)cc3)nc(-c3ccccc3)n2)cc1. The van der Waals surface area contributed by atoms with E-state index in [1.165, 1.54) is 16.3 Å². The fraction of sp³-hybridized carbons (Fsp3) is 0. The number of aromatic nitrogens is 5. The van der Waals surface area contributed by atoms with Gasteiger partial charge in [0.05, 0.1) is 11.4 Å². The van der Waals surface area contributed by atoms with E-state index in [4.69, 9.17) is 24.9 Å². The first-order chi connectivity index (χ1) is 31.7. The quantitative estimate of drug-likeness (QED) is 0.145. The largest absolute Gasteiger partial charge is 0.228 e. The summed E-state index contributed by atoms with van der Waals surface area (Å²) in [5, 5.41) is 2.40. The average molecular weight is 818 g/mol. The highest BCUT2D eigenvalue weighted by Crippen LogP contribution is 2.40. The van der Waals surface area contributed by atoms with Gasteiger partial charge in [0, 0.05) is 33.4 Å². The van der Waals surface area contributed by atoms with Crippen LogP contribution in [-0.4, -0.2) is 24.9 Å². The third-order valence-electron chi connectivity index (χ3n) is 11.6. The van der Waals surface area contributed by atoms with Crippen molar-refractivity contribution in [3.05, 3.63) is 237 Å². The summed E-state index contributed by atoms with van der Waals surface area (Å²) in [6, 6.07) is 82.0. The topological polar surface area (TPSA) is 64.5 Å². The second-order valence-corrected chi connectivity index (χ2v) is 15.7. The molecule has 0 aliphatic heterocycles. The Balaban J connectivity index is 0.918. The average Bonchev–Trinajstić information content (AvgIpc) is 3.39. The van der Waals surface area contributed by atoms with Crippen LogP contribution in [0.2, 0.25) is 0 Å². The van der Waals surface area contributed by atoms with Crippen molar-refractivity contribution < 1.29 is 0 Å². The molecule has 64 heavy (non-hydrogen) atoms. The van der Waals surface area contributed by atoms with Gasteiger partial charge in [0.25, 0.3) is 0 Å². The van der Waals surface area contributed by atoms with Gasteiger partial charge in [-0.15, -0.1) is 0 Å². The van der Waals surface area contributed by atoms with Gasteiger partial charge in [-0.05, 0) is 50.2 Å². The lowest BCUT2D eigenvalue weighted by Crippen LogP contribution is -2.00. The zero-order chi connectivity index (χ0) is 42.7. The molecule has 0 radical (unpaired) electrons. The summed E-state index contributed by atoms with van der Waals surface area (Å²) in [6.07, 6.45) is 0. The number of nitrogens with zero attached hydrogens (tertiary/aromatic N) is 5. The van der Waals surface area contributed by atoms with Gasteiger partial charge >= 0.3 is 0 Å². The van der Waals surface area contributed by atoms with Crippen molar-refractivity contribution in [3.63, 3.8) is 0 Å². The molecule has 0 aliphatic rings. The molecule has 11 rings (SSSR count). The van der Waals surface area contributed by atoms with Crippen LogP contribution in [0.15, 0.2) is 237 Å². The molecule has 0 fully saturated rings. The molecular formula is C59H39N5. The van der Waals surface area contributed by atoms with E-state index in [1.54, 1.807) is 0 Å². The number of rotatable bonds is 9. The fourth-order valence-electron chi connectivity index (χ4n) is 8.29. The Morgan fingerprint density at radius 1 is 0.219 bits per heavy atom. The predicted octanol–water partition coefficient (Wildman–Crippen LogP) is 14.8. The Kier molecular flexibility index (Phi) is 10.2. The van der Waals surface area contributed by atoms with E-state index in [-0.39, 0.29) is 0 Å². The van der Waals surface area contributed by atoms with Crippen LogP contribution in [0.5, 0.6) is 0 Å². The van der Waals surface area contributed by atoms with Crippen molar-refractivity contribution in [2.45, 2.75) is 0 Å². The van der Waals surface area contributed by atoms with E-state index < -0.39 is 0 Å². The first-order valence-corrected chi connectivity index (χ1v) is 21.4. The maximum Gasteiger partial charge on any atom is 0.164 e. The molecular weight excluding hydrogens is 779 g/mol. The molecule has 0 atom stereocenters. The minimum absolute atomic E-state index is 0.632. The zero-order valence-corrected chi connectivity index (χ0v) is 34.8. The smallest absolute Gasteiger partial charge is 0.164 e. The van der Waals surface area contributed by atoms with Crippen LogP contribution >= 0.6 is 0 Å². The van der Waals surface area contributed by atoms with E-state index >= 15 is 0 Å². The molecule has 2 aromatic heterocycles. The summed E-state index contributed by atoms with van der Waals surface area (Å²) >= 11 is 0. The highest BCUT2D eigenvalue weighted by Gasteiger charge is 2.16. The molecule has 5 nitrogen and oxygen atoms in total. The second-order valence-electron chi connectivity index (χ2n) is 15.7. The lowest BCUT2D eigenvalue weighted by atomic mass is 9.89. The van der Waals surface area contributed by atoms with Gasteiger partial charge in [0.2, 0.25) is 0 Å². The number of fused-ring (bicyclic) bond motifs is 1. The van der Waals surface area contributed by atoms with E-state index in [2.05, 4.69) is 140 Å². The molecule has 0 saturated heterocycles. The van der Waals surface area contributed by atoms with Gasteiger partial charge in [-0.3, -0.25) is 0 Å². The molecule has 300 valence electrons. The molecule has 0 unspecified atom stereocenters. The Bertz CT molecular complexity index is 3260. The molecule has 0 spiro atoms. The fourth-order valence-corrected chi connectivity index (χ4v) is 8.29. The molecule has 0 aliphatic carbocycles. The van der Waals surface area contributed by atoms with Gasteiger partial charge in [0.15, 0.2) is 23.3 Å². The summed E-state index contributed by atoms with van der Waals surface area (Å²) in [5.74, 6) is 2.63. The number of benzene rings is 9. The highest BCUT2D eigenvalue weighted by molar-refractivity contribution is 6.04. The lowest BCUT2D eigenvalue weighted by Gasteiger charge is -2.15. The van der Waals surface area contributed by atoms with Gasteiger partial charge in [-0.2, -0.15) is 0 Å². The van der Waals surface area contributed by atoms with E-state index in [9.17, 15) is 0 Å². The minimum atomic E-state index is 0.632. The normalized spacial score (nSPS) is 11.1. The monoisotopic (exact) mass is 817 g/mol. The van der Waals surface area contributed by atoms with Crippen molar-refractivity contribution >= 4 is 10.8 Å². The second kappa shape index (κ2) is 17.0. The van der Waals surface area contributed by atoms with Crippen LogP contribution in [0.4, 0.5) is 0 Å². The van der Waals surface area contributed by atoms with Gasteiger partial charge in [0.1, 0.15) is 0 Å². The van der Waals surface area contributed by atoms with Crippen molar-refractivity contribution in [2.24, 2.45) is 0 Å². The first kappa shape index (κ1) is 38.3. The van der Waals surface area contributed by atoms with Crippen LogP contribution in [0.25, 0.3) is 112 Å². The zero-order valence-electron chi connectivity index (χ0n) is 34.8. The lowest BCUT2D eigenvalue weighted by molar-refractivity contribution is 1.07. The van der Waals surface area contributed by atoms with Crippen LogP contribution in [-0.2, 0) is 0 Å². The maximum atomic E-state index is 5.04. The molecule has 2 heterocycles. The summed E-state index contributed by atoms with van der Waals surface area (Å²) in [5.41, 5.74) is 14.5. The molecule has 5 heteroatoms. The van der Waals surface area contributed by atoms with E-state index in [0.29, 0.717) is 23.3 Å². The summed E-state index contributed by atoms with van der Waals surface area (Å²) < 4.78 is 0. The Labute approximate surface area is 372 Å². The van der Waals surface area contributed by atoms with Crippen molar-refractivity contribution in [3.8, 4) is 101 Å². The maximum absolute atomic E-state index is 5.04. The molecule has 9 aromatic carbocycles. The standard InChI is InChI=1S/C59H39N5/c1-5-16-44(17-6-1)53-39-54(61-56(60-53)47-18-7-2-8-19-47)45-31-25-40(26-32-45)41-27-33-46(34-28-41)55-51-24-14-13-15-42(51)37-38-52(55)43-29-35-50(36-30-43)59-63-57(48-20-9-3-10-21-48)62-58(64-59)49-22-11-4-12-23-49/h1-39H. The van der Waals surface area contributed by atoms with Crippen LogP contribution < -0.4 is 0 Å². The predicted molar refractivity (Wildman–Crippen MR) is 262 cm³/mol. The molecule has 0 N–H and O–H groups in total. The van der Waals surface area contributed by atoms with Crippen molar-refractivity contribution in [1.82, 2.24) is 24.9 Å². The third kappa shape index (κ3) is 7.74. The Morgan fingerprint density at radius 3 is 1.06 bits per heavy atom. The molecule has 11 aromatic rings. The van der Waals surface area contributed by atoms with Crippen molar-refractivity contribution in [1.29, 1.82) is 0 Å². The number of hydrogen-bond acceptors (Lipinski definition) is 5. The highest BCUT2D eigenvalue weighted by atomic mass is 15.0. The van der Waals surface area contributed by atoms with Crippen LogP contribution in [0, 0.1) is 0 Å². The molecule has 0 bridgehead atoms. The van der Waals surface area contributed by atoms with Crippen molar-refractivity contribution in [2.75, 3.05) is 0 Å². The van der Waals surface area contributed by atoms with Crippen LogP contribution in [0.3, 0.4) is 0 Å². The van der Waals surface area contributed by atoms with Gasteiger partial charge in [-0.25, -0.2) is 24.9 Å². The summed E-state index contributed by atoms with van der Waals surface area (Å²) in [4.78, 5) is 24.8. The third-order valence-corrected chi connectivity index (χ3v) is 11.6. The Morgan fingerprint density at radius 2 is 0.562 bits per heavy atom. The molecule has 0 saturated carbocycles. The summed E-state index contributed by atoms with van der Waals surface area (Å²) in [7, 11) is 0. The van der Waals surface area contributed by atoms with Crippen LogP contribution in [0.1, 0.15) is 0 Å². The summed E-state index contributed by atoms with van der Waals surface area (Å²) in [6.45, 7) is 0.